The molecule has 0 radical (unpaired) electrons. The molecular weight excluding hydrogens is 256 g/mol. The Morgan fingerprint density at radius 3 is 2.72 bits per heavy atom. The molecule has 96 valence electrons. The standard InChI is InChI=1S/C12H13F2N3S/c1-8(18)11(5-17-7-15-6-16-17)10-3-2-9(13)4-12(10)14/h2-4,6-8,11,18H,5H2,1H3/t8-,11?/m1/s1. The molecule has 0 aliphatic heterocycles. The van der Waals surface area contributed by atoms with Crippen molar-refractivity contribution in [3.8, 4) is 0 Å². The predicted octanol–water partition coefficient (Wildman–Crippen LogP) is 2.66. The SMILES string of the molecule is C[C@@H](S)C(Cn1cncn1)c1ccc(F)cc1F. The van der Waals surface area contributed by atoms with Gasteiger partial charge in [-0.2, -0.15) is 17.7 Å². The Labute approximate surface area is 109 Å². The lowest BCUT2D eigenvalue weighted by atomic mass is 9.95. The first-order valence-corrected chi connectivity index (χ1v) is 6.05. The highest BCUT2D eigenvalue weighted by atomic mass is 32.1. The number of nitrogens with zero attached hydrogens (tertiary/aromatic N) is 3. The van der Waals surface area contributed by atoms with Gasteiger partial charge in [-0.25, -0.2) is 13.8 Å². The van der Waals surface area contributed by atoms with E-state index in [9.17, 15) is 8.78 Å². The van der Waals surface area contributed by atoms with Crippen LogP contribution in [0.3, 0.4) is 0 Å². The molecule has 3 nitrogen and oxygen atoms in total. The van der Waals surface area contributed by atoms with E-state index in [2.05, 4.69) is 22.7 Å². The van der Waals surface area contributed by atoms with Crippen molar-refractivity contribution in [2.45, 2.75) is 24.6 Å². The maximum absolute atomic E-state index is 13.8. The van der Waals surface area contributed by atoms with Crippen molar-refractivity contribution in [2.24, 2.45) is 0 Å². The molecule has 0 bridgehead atoms. The van der Waals surface area contributed by atoms with Crippen molar-refractivity contribution in [2.75, 3.05) is 0 Å². The van der Waals surface area contributed by atoms with E-state index in [-0.39, 0.29) is 11.2 Å². The highest BCUT2D eigenvalue weighted by Gasteiger charge is 2.21. The first kappa shape index (κ1) is 13.0. The Morgan fingerprint density at radius 2 is 2.17 bits per heavy atom. The number of benzene rings is 1. The highest BCUT2D eigenvalue weighted by molar-refractivity contribution is 7.81. The molecule has 2 aromatic rings. The largest absolute Gasteiger partial charge is 0.252 e. The molecule has 0 fully saturated rings. The van der Waals surface area contributed by atoms with E-state index in [1.165, 1.54) is 18.5 Å². The van der Waals surface area contributed by atoms with Gasteiger partial charge in [0.2, 0.25) is 0 Å². The number of thiol groups is 1. The molecule has 0 spiro atoms. The minimum absolute atomic E-state index is 0.0887. The van der Waals surface area contributed by atoms with Gasteiger partial charge < -0.3 is 0 Å². The van der Waals surface area contributed by atoms with Crippen LogP contribution in [0.2, 0.25) is 0 Å². The average molecular weight is 269 g/mol. The lowest BCUT2D eigenvalue weighted by Crippen LogP contribution is -2.18. The van der Waals surface area contributed by atoms with E-state index >= 15 is 0 Å². The molecule has 6 heteroatoms. The third kappa shape index (κ3) is 2.87. The maximum atomic E-state index is 13.8. The summed E-state index contributed by atoms with van der Waals surface area (Å²) in [5.74, 6) is -1.33. The van der Waals surface area contributed by atoms with Crippen molar-refractivity contribution in [1.29, 1.82) is 0 Å². The molecule has 0 saturated carbocycles. The second kappa shape index (κ2) is 5.48. The van der Waals surface area contributed by atoms with Crippen molar-refractivity contribution >= 4 is 12.6 Å². The first-order chi connectivity index (χ1) is 8.58. The predicted molar refractivity (Wildman–Crippen MR) is 67.6 cm³/mol. The Bertz CT molecular complexity index is 514. The number of hydrogen-bond acceptors (Lipinski definition) is 3. The van der Waals surface area contributed by atoms with E-state index in [4.69, 9.17) is 0 Å². The molecule has 0 N–H and O–H groups in total. The number of rotatable bonds is 4. The second-order valence-electron chi connectivity index (χ2n) is 4.13. The van der Waals surface area contributed by atoms with Gasteiger partial charge in [0, 0.05) is 17.2 Å². The van der Waals surface area contributed by atoms with Crippen LogP contribution in [0, 0.1) is 11.6 Å². The molecular formula is C12H13F2N3S. The Morgan fingerprint density at radius 1 is 1.39 bits per heavy atom. The van der Waals surface area contributed by atoms with Gasteiger partial charge in [0.1, 0.15) is 24.3 Å². The van der Waals surface area contributed by atoms with E-state index in [0.717, 1.165) is 6.07 Å². The monoisotopic (exact) mass is 269 g/mol. The minimum Gasteiger partial charge on any atom is -0.252 e. The smallest absolute Gasteiger partial charge is 0.137 e. The molecule has 1 aromatic carbocycles. The van der Waals surface area contributed by atoms with Gasteiger partial charge in [-0.05, 0) is 11.6 Å². The molecule has 1 unspecified atom stereocenters. The summed E-state index contributed by atoms with van der Waals surface area (Å²) in [5, 5.41) is 3.90. The zero-order valence-corrected chi connectivity index (χ0v) is 10.7. The van der Waals surface area contributed by atoms with Gasteiger partial charge in [-0.3, -0.25) is 4.68 Å². The fourth-order valence-corrected chi connectivity index (χ4v) is 2.10. The lowest BCUT2D eigenvalue weighted by Gasteiger charge is -2.21. The van der Waals surface area contributed by atoms with Gasteiger partial charge in [-0.1, -0.05) is 13.0 Å². The van der Waals surface area contributed by atoms with Crippen molar-refractivity contribution < 1.29 is 8.78 Å². The summed E-state index contributed by atoms with van der Waals surface area (Å²) in [6.45, 7) is 2.32. The van der Waals surface area contributed by atoms with E-state index in [0.29, 0.717) is 12.1 Å². The molecule has 18 heavy (non-hydrogen) atoms. The molecule has 0 aliphatic rings. The summed E-state index contributed by atoms with van der Waals surface area (Å²) in [6, 6.07) is 3.60. The van der Waals surface area contributed by atoms with Crippen LogP contribution in [-0.2, 0) is 6.54 Å². The van der Waals surface area contributed by atoms with Crippen LogP contribution in [-0.4, -0.2) is 20.0 Å². The van der Waals surface area contributed by atoms with Crippen molar-refractivity contribution in [1.82, 2.24) is 14.8 Å². The van der Waals surface area contributed by atoms with Gasteiger partial charge in [-0.15, -0.1) is 0 Å². The maximum Gasteiger partial charge on any atom is 0.137 e. The average Bonchev–Trinajstić information content (AvgIpc) is 2.79. The zero-order valence-electron chi connectivity index (χ0n) is 9.79. The minimum atomic E-state index is -0.581. The summed E-state index contributed by atoms with van der Waals surface area (Å²) in [5.41, 5.74) is 0.439. The summed E-state index contributed by atoms with van der Waals surface area (Å²) >= 11 is 4.37. The van der Waals surface area contributed by atoms with Crippen LogP contribution in [0.25, 0.3) is 0 Å². The van der Waals surface area contributed by atoms with Crippen LogP contribution >= 0.6 is 12.6 Å². The van der Waals surface area contributed by atoms with Crippen molar-refractivity contribution in [3.63, 3.8) is 0 Å². The highest BCUT2D eigenvalue weighted by Crippen LogP contribution is 2.27. The van der Waals surface area contributed by atoms with Gasteiger partial charge >= 0.3 is 0 Å². The third-order valence-electron chi connectivity index (χ3n) is 2.79. The Kier molecular flexibility index (Phi) is 3.96. The third-order valence-corrected chi connectivity index (χ3v) is 3.15. The van der Waals surface area contributed by atoms with Crippen molar-refractivity contribution in [3.05, 3.63) is 48.1 Å². The molecule has 1 heterocycles. The number of halogens is 2. The fraction of sp³-hybridized carbons (Fsp3) is 0.333. The molecule has 2 rings (SSSR count). The second-order valence-corrected chi connectivity index (χ2v) is 4.94. The Hall–Kier alpha value is -1.43. The normalized spacial score (nSPS) is 14.4. The summed E-state index contributed by atoms with van der Waals surface area (Å²) < 4.78 is 28.3. The number of aromatic nitrogens is 3. The van der Waals surface area contributed by atoms with E-state index < -0.39 is 11.6 Å². The quantitative estimate of drug-likeness (QED) is 0.865. The van der Waals surface area contributed by atoms with E-state index in [1.807, 2.05) is 6.92 Å². The summed E-state index contributed by atoms with van der Waals surface area (Å²) in [6.07, 6.45) is 2.98. The zero-order chi connectivity index (χ0) is 13.1. The lowest BCUT2D eigenvalue weighted by molar-refractivity contribution is 0.484. The molecule has 0 saturated heterocycles. The summed E-state index contributed by atoms with van der Waals surface area (Å²) in [7, 11) is 0. The van der Waals surface area contributed by atoms with Gasteiger partial charge in [0.05, 0.1) is 6.54 Å². The van der Waals surface area contributed by atoms with Crippen LogP contribution in [0.4, 0.5) is 8.78 Å². The van der Waals surface area contributed by atoms with Crippen LogP contribution in [0.15, 0.2) is 30.9 Å². The molecule has 0 amide bonds. The first-order valence-electron chi connectivity index (χ1n) is 5.53. The Balaban J connectivity index is 2.29. The van der Waals surface area contributed by atoms with Gasteiger partial charge in [0.15, 0.2) is 0 Å². The molecule has 0 aliphatic carbocycles. The van der Waals surface area contributed by atoms with Gasteiger partial charge in [0.25, 0.3) is 0 Å². The molecule has 1 aromatic heterocycles. The van der Waals surface area contributed by atoms with Crippen LogP contribution in [0.1, 0.15) is 18.4 Å². The van der Waals surface area contributed by atoms with E-state index in [1.54, 1.807) is 11.0 Å². The number of hydrogen-bond donors (Lipinski definition) is 1. The van der Waals surface area contributed by atoms with Crippen LogP contribution < -0.4 is 0 Å². The topological polar surface area (TPSA) is 30.7 Å². The fourth-order valence-electron chi connectivity index (χ4n) is 1.84. The van der Waals surface area contributed by atoms with Crippen LogP contribution in [0.5, 0.6) is 0 Å². The molecule has 2 atom stereocenters. The summed E-state index contributed by atoms with van der Waals surface area (Å²) in [4.78, 5) is 3.84.